The minimum Gasteiger partial charge on any atom is -0.494 e. The Kier molecular flexibility index (Phi) is 10.8. The topological polar surface area (TPSA) is 84.0 Å². The summed E-state index contributed by atoms with van der Waals surface area (Å²) in [5, 5.41) is 17.6. The number of aryl methyl sites for hydroxylation is 1. The lowest BCUT2D eigenvalue weighted by molar-refractivity contribution is -0.139. The number of carbonyl (C=O) groups is 1. The van der Waals surface area contributed by atoms with Gasteiger partial charge in [0.05, 0.1) is 36.2 Å². The highest BCUT2D eigenvalue weighted by molar-refractivity contribution is 5.86. The maximum Gasteiger partial charge on any atom is 0.333 e. The maximum atomic E-state index is 11.3. The molecule has 6 heteroatoms. The zero-order chi connectivity index (χ0) is 27.2. The molecule has 0 N–H and O–H groups in total. The molecule has 6 nitrogen and oxygen atoms in total. The lowest BCUT2D eigenvalue weighted by atomic mass is 10.1. The Bertz CT molecular complexity index is 1370. The molecule has 0 unspecified atom stereocenters. The van der Waals surface area contributed by atoms with Gasteiger partial charge < -0.3 is 9.47 Å². The van der Waals surface area contributed by atoms with Gasteiger partial charge in [0.25, 0.3) is 0 Å². The van der Waals surface area contributed by atoms with Crippen LogP contribution < -0.4 is 4.74 Å². The van der Waals surface area contributed by atoms with Crippen LogP contribution in [0.2, 0.25) is 0 Å². The molecule has 0 spiro atoms. The van der Waals surface area contributed by atoms with E-state index in [9.17, 15) is 4.79 Å². The average Bonchev–Trinajstić information content (AvgIpc) is 2.93. The smallest absolute Gasteiger partial charge is 0.333 e. The zero-order valence-electron chi connectivity index (χ0n) is 21.9. The summed E-state index contributed by atoms with van der Waals surface area (Å²) < 4.78 is 10.9. The molecule has 3 aromatic rings. The van der Waals surface area contributed by atoms with Crippen molar-refractivity contribution >= 4 is 17.3 Å². The number of benzene rings is 3. The van der Waals surface area contributed by atoms with Crippen molar-refractivity contribution in [1.29, 1.82) is 5.26 Å². The summed E-state index contributed by atoms with van der Waals surface area (Å²) >= 11 is 0. The molecule has 0 saturated heterocycles. The van der Waals surface area contributed by atoms with Gasteiger partial charge >= 0.3 is 5.97 Å². The van der Waals surface area contributed by atoms with E-state index in [0.717, 1.165) is 59.5 Å². The number of hydrogen-bond acceptors (Lipinski definition) is 6. The summed E-state index contributed by atoms with van der Waals surface area (Å²) in [5.74, 6) is 6.73. The average molecular weight is 506 g/mol. The first-order chi connectivity index (χ1) is 18.4. The highest BCUT2D eigenvalue weighted by atomic mass is 16.5. The SMILES string of the molecule is C=C(C)C(=O)OCCCCCCOc1ccc(N=Nc2ccc(C#Cc3ccc(C#N)cc3)cc2C)cc1. The van der Waals surface area contributed by atoms with E-state index in [4.69, 9.17) is 14.7 Å². The Morgan fingerprint density at radius 2 is 1.47 bits per heavy atom. The Hall–Kier alpha value is -4.68. The molecule has 0 fully saturated rings. The summed E-state index contributed by atoms with van der Waals surface area (Å²) in [7, 11) is 0. The van der Waals surface area contributed by atoms with Gasteiger partial charge in [-0.05, 0) is 112 Å². The number of carbonyl (C=O) groups excluding carboxylic acids is 1. The monoisotopic (exact) mass is 505 g/mol. The highest BCUT2D eigenvalue weighted by Crippen LogP contribution is 2.24. The van der Waals surface area contributed by atoms with Gasteiger partial charge in [-0.3, -0.25) is 0 Å². The number of hydrogen-bond donors (Lipinski definition) is 0. The van der Waals surface area contributed by atoms with Crippen LogP contribution in [0.15, 0.2) is 89.1 Å². The molecule has 3 aromatic carbocycles. The number of ether oxygens (including phenoxy) is 2. The lowest BCUT2D eigenvalue weighted by Crippen LogP contribution is -2.06. The highest BCUT2D eigenvalue weighted by Gasteiger charge is 2.02. The maximum absolute atomic E-state index is 11.3. The quantitative estimate of drug-likeness (QED) is 0.0877. The minimum atomic E-state index is -0.327. The van der Waals surface area contributed by atoms with Crippen LogP contribution in [0.25, 0.3) is 0 Å². The molecule has 0 aliphatic rings. The Labute approximate surface area is 224 Å². The molecule has 0 radical (unpaired) electrons. The van der Waals surface area contributed by atoms with E-state index in [0.29, 0.717) is 24.4 Å². The van der Waals surface area contributed by atoms with Gasteiger partial charge in [-0.1, -0.05) is 18.4 Å². The second-order valence-corrected chi connectivity index (χ2v) is 8.81. The standard InChI is InChI=1S/C32H31N3O3/c1-24(2)32(36)38-21-7-5-4-6-20-37-30-17-15-29(16-18-30)34-35-31-19-14-27(22-25(31)3)11-8-26-9-12-28(23-33)13-10-26/h9-10,12-19,22H,1,4-7,20-21H2,2-3H3. The number of unbranched alkanes of at least 4 members (excludes halogenated alkanes) is 3. The van der Waals surface area contributed by atoms with Crippen molar-refractivity contribution in [3.63, 3.8) is 0 Å². The van der Waals surface area contributed by atoms with Crippen LogP contribution >= 0.6 is 0 Å². The molecular formula is C32H31N3O3. The summed E-state index contributed by atoms with van der Waals surface area (Å²) in [6.45, 7) is 8.25. The molecule has 0 aliphatic heterocycles. The van der Waals surface area contributed by atoms with Crippen LogP contribution in [0, 0.1) is 30.1 Å². The fourth-order valence-electron chi connectivity index (χ4n) is 3.37. The molecule has 192 valence electrons. The van der Waals surface area contributed by atoms with Crippen LogP contribution in [0.3, 0.4) is 0 Å². The first-order valence-electron chi connectivity index (χ1n) is 12.5. The van der Waals surface area contributed by atoms with Gasteiger partial charge in [-0.15, -0.1) is 0 Å². The zero-order valence-corrected chi connectivity index (χ0v) is 21.9. The van der Waals surface area contributed by atoms with Crippen molar-refractivity contribution in [3.8, 4) is 23.7 Å². The molecule has 0 aromatic heterocycles. The lowest BCUT2D eigenvalue weighted by Gasteiger charge is -2.07. The summed E-state index contributed by atoms with van der Waals surface area (Å²) in [4.78, 5) is 11.3. The molecule has 38 heavy (non-hydrogen) atoms. The van der Waals surface area contributed by atoms with Crippen molar-refractivity contribution in [2.75, 3.05) is 13.2 Å². The third-order valence-corrected chi connectivity index (χ3v) is 5.56. The van der Waals surface area contributed by atoms with Crippen molar-refractivity contribution in [3.05, 3.63) is 101 Å². The normalized spacial score (nSPS) is 10.3. The van der Waals surface area contributed by atoms with Crippen LogP contribution in [0.4, 0.5) is 11.4 Å². The van der Waals surface area contributed by atoms with Gasteiger partial charge in [0.1, 0.15) is 5.75 Å². The molecular weight excluding hydrogens is 474 g/mol. The van der Waals surface area contributed by atoms with Gasteiger partial charge in [0.2, 0.25) is 0 Å². The van der Waals surface area contributed by atoms with Gasteiger partial charge in [-0.25, -0.2) is 4.79 Å². The summed E-state index contributed by atoms with van der Waals surface area (Å²) in [6.07, 6.45) is 3.77. The van der Waals surface area contributed by atoms with Gasteiger partial charge in [0, 0.05) is 16.7 Å². The van der Waals surface area contributed by atoms with E-state index in [1.165, 1.54) is 0 Å². The van der Waals surface area contributed by atoms with E-state index in [1.54, 1.807) is 19.1 Å². The van der Waals surface area contributed by atoms with Crippen LogP contribution in [-0.2, 0) is 9.53 Å². The van der Waals surface area contributed by atoms with Crippen LogP contribution in [0.1, 0.15) is 54.9 Å². The largest absolute Gasteiger partial charge is 0.494 e. The van der Waals surface area contributed by atoms with E-state index >= 15 is 0 Å². The molecule has 0 aliphatic carbocycles. The number of esters is 1. The Balaban J connectivity index is 1.42. The first kappa shape index (κ1) is 27.9. The number of nitrogens with zero attached hydrogens (tertiary/aromatic N) is 3. The second-order valence-electron chi connectivity index (χ2n) is 8.81. The third kappa shape index (κ3) is 9.41. The molecule has 0 saturated carbocycles. The fourth-order valence-corrected chi connectivity index (χ4v) is 3.37. The van der Waals surface area contributed by atoms with E-state index in [2.05, 4.69) is 34.7 Å². The Morgan fingerprint density at radius 3 is 2.13 bits per heavy atom. The van der Waals surface area contributed by atoms with Crippen molar-refractivity contribution < 1.29 is 14.3 Å². The van der Waals surface area contributed by atoms with E-state index in [1.807, 2.05) is 61.5 Å². The van der Waals surface area contributed by atoms with Gasteiger partial charge in [-0.2, -0.15) is 15.5 Å². The minimum absolute atomic E-state index is 0.327. The molecule has 0 heterocycles. The van der Waals surface area contributed by atoms with Gasteiger partial charge in [0.15, 0.2) is 0 Å². The first-order valence-corrected chi connectivity index (χ1v) is 12.5. The third-order valence-electron chi connectivity index (χ3n) is 5.56. The van der Waals surface area contributed by atoms with Crippen LogP contribution in [-0.4, -0.2) is 19.2 Å². The van der Waals surface area contributed by atoms with E-state index < -0.39 is 0 Å². The van der Waals surface area contributed by atoms with Crippen molar-refractivity contribution in [1.82, 2.24) is 0 Å². The molecule has 0 bridgehead atoms. The number of nitriles is 1. The fraction of sp³-hybridized carbons (Fsp3) is 0.250. The Morgan fingerprint density at radius 1 is 0.842 bits per heavy atom. The molecule has 0 amide bonds. The summed E-state index contributed by atoms with van der Waals surface area (Å²) in [5.41, 5.74) is 5.30. The predicted molar refractivity (Wildman–Crippen MR) is 149 cm³/mol. The second kappa shape index (κ2) is 14.8. The predicted octanol–water partition coefficient (Wildman–Crippen LogP) is 7.74. The van der Waals surface area contributed by atoms with Crippen molar-refractivity contribution in [2.45, 2.75) is 39.5 Å². The number of rotatable bonds is 11. The molecule has 3 rings (SSSR count). The number of azo groups is 1. The molecule has 0 atom stereocenters. The van der Waals surface area contributed by atoms with E-state index in [-0.39, 0.29) is 5.97 Å². The van der Waals surface area contributed by atoms with Crippen LogP contribution in [0.5, 0.6) is 5.75 Å². The summed E-state index contributed by atoms with van der Waals surface area (Å²) in [6, 6.07) is 22.6. The van der Waals surface area contributed by atoms with Crippen molar-refractivity contribution in [2.24, 2.45) is 10.2 Å².